The van der Waals surface area contributed by atoms with E-state index in [4.69, 9.17) is 4.98 Å². The Hall–Kier alpha value is -4.23. The molecule has 0 bridgehead atoms. The minimum atomic E-state index is -0.526. The summed E-state index contributed by atoms with van der Waals surface area (Å²) in [4.78, 5) is 32.7. The first-order valence-electron chi connectivity index (χ1n) is 12.5. The Morgan fingerprint density at radius 1 is 0.921 bits per heavy atom. The van der Waals surface area contributed by atoms with E-state index in [1.807, 2.05) is 111 Å². The number of amides is 2. The largest absolute Gasteiger partial charge is 0.354 e. The van der Waals surface area contributed by atoms with Crippen LogP contribution in [0.15, 0.2) is 79.0 Å². The number of aryl methyl sites for hydroxylation is 2. The maximum Gasteiger partial charge on any atom is 0.270 e. The molecule has 0 atom stereocenters. The quantitative estimate of drug-likeness (QED) is 0.272. The first-order chi connectivity index (χ1) is 18.2. The number of carbonyl (C=O) groups excluding carboxylic acids is 2. The molecule has 0 saturated carbocycles. The molecule has 2 amide bonds. The molecule has 192 valence electrons. The number of hydrogen-bond donors (Lipinski definition) is 2. The third-order valence-electron chi connectivity index (χ3n) is 6.78. The van der Waals surface area contributed by atoms with Crippen molar-refractivity contribution in [1.82, 2.24) is 20.0 Å². The van der Waals surface area contributed by atoms with Gasteiger partial charge in [-0.25, -0.2) is 4.98 Å². The van der Waals surface area contributed by atoms with Crippen LogP contribution in [0.5, 0.6) is 0 Å². The molecule has 2 N–H and O–H groups in total. The van der Waals surface area contributed by atoms with Crippen LogP contribution in [-0.2, 0) is 5.54 Å². The third-order valence-corrected chi connectivity index (χ3v) is 7.80. The maximum absolute atomic E-state index is 13.3. The number of thiazole rings is 1. The van der Waals surface area contributed by atoms with Gasteiger partial charge in [-0.2, -0.15) is 0 Å². The molecule has 0 aliphatic heterocycles. The SMILES string of the molecule is CNC(=O)c1c(-c2ccc(C)cc2)nc2sc(-c3cc(C(=O)NC(C)(C)c4ccccc4)ccc3C)cn12. The minimum absolute atomic E-state index is 0.144. The predicted molar refractivity (Wildman–Crippen MR) is 154 cm³/mol. The molecule has 7 heteroatoms. The molecule has 5 rings (SSSR count). The van der Waals surface area contributed by atoms with Gasteiger partial charge in [-0.15, -0.1) is 0 Å². The summed E-state index contributed by atoms with van der Waals surface area (Å²) in [6.45, 7) is 8.04. The summed E-state index contributed by atoms with van der Waals surface area (Å²) >= 11 is 1.50. The van der Waals surface area contributed by atoms with Crippen LogP contribution in [0.25, 0.3) is 26.7 Å². The highest BCUT2D eigenvalue weighted by atomic mass is 32.1. The van der Waals surface area contributed by atoms with E-state index in [0.717, 1.165) is 32.7 Å². The average Bonchev–Trinajstić information content (AvgIpc) is 3.47. The van der Waals surface area contributed by atoms with Crippen LogP contribution in [0.3, 0.4) is 0 Å². The number of carbonyl (C=O) groups is 2. The number of hydrogen-bond acceptors (Lipinski definition) is 4. The number of nitrogens with zero attached hydrogens (tertiary/aromatic N) is 2. The van der Waals surface area contributed by atoms with Gasteiger partial charge in [0.15, 0.2) is 4.96 Å². The molecular weight excluding hydrogens is 492 g/mol. The standard InChI is InChI=1S/C31H30N4O2S/c1-19-11-14-21(15-12-19)26-27(29(37)32-5)35-18-25(38-30(35)33-26)24-17-22(16-13-20(24)2)28(36)34-31(3,4)23-9-7-6-8-10-23/h6-18H,1-5H3,(H,32,37)(H,34,36). The van der Waals surface area contributed by atoms with Gasteiger partial charge in [0.2, 0.25) is 0 Å². The van der Waals surface area contributed by atoms with Crippen molar-refractivity contribution in [2.75, 3.05) is 7.05 Å². The summed E-state index contributed by atoms with van der Waals surface area (Å²) in [7, 11) is 1.62. The lowest BCUT2D eigenvalue weighted by Crippen LogP contribution is -2.40. The third kappa shape index (κ3) is 4.73. The van der Waals surface area contributed by atoms with Gasteiger partial charge in [0, 0.05) is 24.4 Å². The Morgan fingerprint density at radius 3 is 2.32 bits per heavy atom. The fraction of sp³-hybridized carbons (Fsp3) is 0.194. The van der Waals surface area contributed by atoms with Crippen molar-refractivity contribution in [3.63, 3.8) is 0 Å². The number of aromatic nitrogens is 2. The molecule has 38 heavy (non-hydrogen) atoms. The summed E-state index contributed by atoms with van der Waals surface area (Å²) < 4.78 is 1.85. The van der Waals surface area contributed by atoms with Crippen LogP contribution in [0.1, 0.15) is 51.4 Å². The van der Waals surface area contributed by atoms with E-state index >= 15 is 0 Å². The van der Waals surface area contributed by atoms with Crippen molar-refractivity contribution < 1.29 is 9.59 Å². The van der Waals surface area contributed by atoms with Gasteiger partial charge in [0.25, 0.3) is 11.8 Å². The molecule has 2 aromatic heterocycles. The first kappa shape index (κ1) is 25.4. The highest BCUT2D eigenvalue weighted by Crippen LogP contribution is 2.35. The topological polar surface area (TPSA) is 75.5 Å². The lowest BCUT2D eigenvalue weighted by Gasteiger charge is -2.27. The minimum Gasteiger partial charge on any atom is -0.354 e. The summed E-state index contributed by atoms with van der Waals surface area (Å²) in [5.74, 6) is -0.348. The summed E-state index contributed by atoms with van der Waals surface area (Å²) in [5.41, 5.74) is 6.23. The van der Waals surface area contributed by atoms with E-state index in [1.54, 1.807) is 7.05 Å². The van der Waals surface area contributed by atoms with Crippen molar-refractivity contribution in [3.05, 3.63) is 107 Å². The molecule has 0 radical (unpaired) electrons. The van der Waals surface area contributed by atoms with Crippen molar-refractivity contribution >= 4 is 28.1 Å². The molecule has 6 nitrogen and oxygen atoms in total. The van der Waals surface area contributed by atoms with Crippen LogP contribution in [0.2, 0.25) is 0 Å². The van der Waals surface area contributed by atoms with E-state index in [-0.39, 0.29) is 11.8 Å². The van der Waals surface area contributed by atoms with Gasteiger partial charge in [-0.3, -0.25) is 14.0 Å². The molecule has 0 saturated heterocycles. The highest BCUT2D eigenvalue weighted by Gasteiger charge is 2.25. The average molecular weight is 523 g/mol. The second kappa shape index (κ2) is 9.91. The number of nitrogens with one attached hydrogen (secondary N) is 2. The van der Waals surface area contributed by atoms with Crippen molar-refractivity contribution in [2.24, 2.45) is 0 Å². The zero-order chi connectivity index (χ0) is 27.0. The zero-order valence-electron chi connectivity index (χ0n) is 22.1. The van der Waals surface area contributed by atoms with Crippen LogP contribution in [-0.4, -0.2) is 28.2 Å². The second-order valence-corrected chi connectivity index (χ2v) is 11.0. The van der Waals surface area contributed by atoms with Crippen molar-refractivity contribution in [1.29, 1.82) is 0 Å². The molecular formula is C31H30N4O2S. The van der Waals surface area contributed by atoms with Crippen LogP contribution in [0, 0.1) is 13.8 Å². The van der Waals surface area contributed by atoms with Gasteiger partial charge < -0.3 is 10.6 Å². The smallest absolute Gasteiger partial charge is 0.270 e. The Bertz CT molecular complexity index is 1650. The van der Waals surface area contributed by atoms with E-state index in [2.05, 4.69) is 10.6 Å². The fourth-order valence-corrected chi connectivity index (χ4v) is 5.59. The fourth-order valence-electron chi connectivity index (χ4n) is 4.53. The number of fused-ring (bicyclic) bond motifs is 1. The molecule has 0 aliphatic carbocycles. The van der Waals surface area contributed by atoms with Gasteiger partial charge in [0.1, 0.15) is 11.4 Å². The lowest BCUT2D eigenvalue weighted by molar-refractivity contribution is 0.0910. The molecule has 2 heterocycles. The first-order valence-corrected chi connectivity index (χ1v) is 13.3. The summed E-state index contributed by atoms with van der Waals surface area (Å²) in [5, 5.41) is 5.92. The Labute approximate surface area is 226 Å². The number of imidazole rings is 1. The lowest BCUT2D eigenvalue weighted by atomic mass is 9.93. The predicted octanol–water partition coefficient (Wildman–Crippen LogP) is 6.37. The summed E-state index contributed by atoms with van der Waals surface area (Å²) in [6, 6.07) is 23.6. The molecule has 0 spiro atoms. The van der Waals surface area contributed by atoms with Gasteiger partial charge >= 0.3 is 0 Å². The number of rotatable bonds is 6. The number of benzene rings is 3. The second-order valence-electron chi connectivity index (χ2n) is 9.98. The van der Waals surface area contributed by atoms with E-state index in [1.165, 1.54) is 11.3 Å². The Kier molecular flexibility index (Phi) is 6.63. The van der Waals surface area contributed by atoms with Crippen LogP contribution in [0.4, 0.5) is 0 Å². The summed E-state index contributed by atoms with van der Waals surface area (Å²) in [6.07, 6.45) is 1.94. The normalized spacial score (nSPS) is 11.5. The molecule has 0 fully saturated rings. The Morgan fingerprint density at radius 2 is 1.63 bits per heavy atom. The van der Waals surface area contributed by atoms with Crippen molar-refractivity contribution in [3.8, 4) is 21.7 Å². The molecule has 3 aromatic carbocycles. The maximum atomic E-state index is 13.3. The van der Waals surface area contributed by atoms with Gasteiger partial charge in [-0.1, -0.05) is 77.6 Å². The van der Waals surface area contributed by atoms with Crippen LogP contribution >= 0.6 is 11.3 Å². The highest BCUT2D eigenvalue weighted by molar-refractivity contribution is 7.20. The molecule has 0 unspecified atom stereocenters. The Balaban J connectivity index is 1.52. The van der Waals surface area contributed by atoms with E-state index in [0.29, 0.717) is 21.9 Å². The van der Waals surface area contributed by atoms with Gasteiger partial charge in [-0.05, 0) is 56.5 Å². The van der Waals surface area contributed by atoms with E-state index < -0.39 is 5.54 Å². The molecule has 0 aliphatic rings. The van der Waals surface area contributed by atoms with E-state index in [9.17, 15) is 9.59 Å². The van der Waals surface area contributed by atoms with Crippen molar-refractivity contribution in [2.45, 2.75) is 33.2 Å². The molecule has 5 aromatic rings. The monoisotopic (exact) mass is 522 g/mol. The zero-order valence-corrected chi connectivity index (χ0v) is 22.9. The van der Waals surface area contributed by atoms with Crippen LogP contribution < -0.4 is 10.6 Å². The van der Waals surface area contributed by atoms with Gasteiger partial charge in [0.05, 0.1) is 10.4 Å².